The molecule has 0 atom stereocenters. The lowest BCUT2D eigenvalue weighted by Gasteiger charge is -2.16. The Morgan fingerprint density at radius 1 is 1.06 bits per heavy atom. The third-order valence-corrected chi connectivity index (χ3v) is 4.98. The van der Waals surface area contributed by atoms with Crippen LogP contribution in [0.15, 0.2) is 47.6 Å². The summed E-state index contributed by atoms with van der Waals surface area (Å²) in [6, 6.07) is 11.3. The maximum Gasteiger partial charge on any atom is 0.339 e. The van der Waals surface area contributed by atoms with Gasteiger partial charge in [-0.25, -0.2) is 4.79 Å². The molecule has 2 aromatic rings. The predicted octanol–water partition coefficient (Wildman–Crippen LogP) is 1.93. The Morgan fingerprint density at radius 3 is 2.35 bits per heavy atom. The van der Waals surface area contributed by atoms with Crippen LogP contribution in [0.3, 0.4) is 0 Å². The molecule has 9 nitrogen and oxygen atoms in total. The largest absolute Gasteiger partial charge is 0.493 e. The monoisotopic (exact) mass is 441 g/mol. The lowest BCUT2D eigenvalue weighted by molar-refractivity contribution is -0.143. The van der Waals surface area contributed by atoms with Crippen LogP contribution in [-0.2, 0) is 16.0 Å². The smallest absolute Gasteiger partial charge is 0.339 e. The van der Waals surface area contributed by atoms with Crippen LogP contribution in [0.1, 0.15) is 21.5 Å². The molecule has 10 heteroatoms. The number of nitrogens with zero attached hydrogens (tertiary/aromatic N) is 3. The van der Waals surface area contributed by atoms with Gasteiger partial charge in [0, 0.05) is 6.54 Å². The molecule has 1 aliphatic heterocycles. The number of rotatable bonds is 8. The van der Waals surface area contributed by atoms with Crippen LogP contribution < -0.4 is 9.47 Å². The van der Waals surface area contributed by atoms with Gasteiger partial charge in [-0.05, 0) is 54.0 Å². The number of carbonyl (C=O) groups excluding carboxylic acids is 2. The minimum absolute atomic E-state index is 0.0196. The predicted molar refractivity (Wildman–Crippen MR) is 115 cm³/mol. The van der Waals surface area contributed by atoms with Gasteiger partial charge in [-0.1, -0.05) is 18.2 Å². The van der Waals surface area contributed by atoms with Gasteiger partial charge in [-0.15, -0.1) is 0 Å². The lowest BCUT2D eigenvalue weighted by Crippen LogP contribution is -2.33. The van der Waals surface area contributed by atoms with Gasteiger partial charge in [-0.2, -0.15) is 10.1 Å². The average Bonchev–Trinajstić information content (AvgIpc) is 2.98. The van der Waals surface area contributed by atoms with Gasteiger partial charge in [0.05, 0.1) is 26.0 Å². The van der Waals surface area contributed by atoms with Crippen LogP contribution in [0.5, 0.6) is 11.5 Å². The summed E-state index contributed by atoms with van der Waals surface area (Å²) in [4.78, 5) is 36.8. The van der Waals surface area contributed by atoms with E-state index in [4.69, 9.17) is 26.8 Å². The fraction of sp³-hybridized carbons (Fsp3) is 0.190. The van der Waals surface area contributed by atoms with E-state index < -0.39 is 17.8 Å². The van der Waals surface area contributed by atoms with Gasteiger partial charge in [-0.3, -0.25) is 14.5 Å². The molecule has 160 valence electrons. The Labute approximate surface area is 183 Å². The number of carbonyl (C=O) groups is 3. The topological polar surface area (TPSA) is 109 Å². The standard InChI is InChI=1S/C21H19N3O6S/c1-29-16-8-5-13(11-17(16)30-2)9-10-23-18(25)19(26)24(21(23)31)22-12-14-3-6-15(7-4-14)20(27)28/h3-8,11-12H,9-10H2,1-2H3,(H,27,28)/b22-12+. The molecule has 0 unspecified atom stereocenters. The maximum absolute atomic E-state index is 12.4. The van der Waals surface area contributed by atoms with E-state index in [0.717, 1.165) is 10.6 Å². The zero-order valence-electron chi connectivity index (χ0n) is 16.8. The number of ether oxygens (including phenoxy) is 2. The zero-order valence-corrected chi connectivity index (χ0v) is 17.6. The highest BCUT2D eigenvalue weighted by molar-refractivity contribution is 7.80. The fourth-order valence-electron chi connectivity index (χ4n) is 2.91. The van der Waals surface area contributed by atoms with Gasteiger partial charge < -0.3 is 14.6 Å². The van der Waals surface area contributed by atoms with Gasteiger partial charge in [0.15, 0.2) is 11.5 Å². The number of methoxy groups -OCH3 is 2. The summed E-state index contributed by atoms with van der Waals surface area (Å²) in [6.45, 7) is 0.193. The van der Waals surface area contributed by atoms with Crippen molar-refractivity contribution in [2.75, 3.05) is 20.8 Å². The van der Waals surface area contributed by atoms with E-state index in [1.54, 1.807) is 19.2 Å². The highest BCUT2D eigenvalue weighted by Crippen LogP contribution is 2.28. The minimum Gasteiger partial charge on any atom is -0.493 e. The van der Waals surface area contributed by atoms with Crippen LogP contribution in [0.2, 0.25) is 0 Å². The normalized spacial score (nSPS) is 13.9. The van der Waals surface area contributed by atoms with Crippen LogP contribution in [0.4, 0.5) is 0 Å². The van der Waals surface area contributed by atoms with E-state index in [-0.39, 0.29) is 17.2 Å². The van der Waals surface area contributed by atoms with Crippen molar-refractivity contribution in [1.29, 1.82) is 0 Å². The molecule has 3 rings (SSSR count). The molecule has 1 aliphatic rings. The van der Waals surface area contributed by atoms with Crippen LogP contribution >= 0.6 is 12.2 Å². The van der Waals surface area contributed by atoms with Crippen molar-refractivity contribution in [3.05, 3.63) is 59.2 Å². The molecule has 1 heterocycles. The Kier molecular flexibility index (Phi) is 6.61. The second-order valence-electron chi connectivity index (χ2n) is 6.47. The molecular weight excluding hydrogens is 422 g/mol. The first kappa shape index (κ1) is 21.9. The summed E-state index contributed by atoms with van der Waals surface area (Å²) in [6.07, 6.45) is 1.77. The average molecular weight is 441 g/mol. The number of hydrogen-bond donors (Lipinski definition) is 1. The first-order chi connectivity index (χ1) is 14.8. The maximum atomic E-state index is 12.4. The molecule has 2 amide bonds. The molecule has 2 aromatic carbocycles. The highest BCUT2D eigenvalue weighted by atomic mass is 32.1. The molecular formula is C21H19N3O6S. The van der Waals surface area contributed by atoms with E-state index >= 15 is 0 Å². The van der Waals surface area contributed by atoms with Crippen molar-refractivity contribution in [2.24, 2.45) is 5.10 Å². The third kappa shape index (κ3) is 4.69. The summed E-state index contributed by atoms with van der Waals surface area (Å²) in [5.74, 6) is -1.51. The minimum atomic E-state index is -1.05. The van der Waals surface area contributed by atoms with Crippen molar-refractivity contribution in [3.63, 3.8) is 0 Å². The molecule has 0 saturated carbocycles. The number of aromatic carboxylic acids is 1. The number of carboxylic acid groups (broad SMARTS) is 1. The number of thiocarbonyl (C=S) groups is 1. The second-order valence-corrected chi connectivity index (χ2v) is 6.83. The number of hydrogen-bond acceptors (Lipinski definition) is 7. The van der Waals surface area contributed by atoms with Gasteiger partial charge >= 0.3 is 17.8 Å². The quantitative estimate of drug-likeness (QED) is 0.379. The number of amides is 2. The van der Waals surface area contributed by atoms with E-state index in [9.17, 15) is 14.4 Å². The number of benzene rings is 2. The van der Waals surface area contributed by atoms with Crippen LogP contribution in [-0.4, -0.2) is 64.9 Å². The van der Waals surface area contributed by atoms with Crippen molar-refractivity contribution in [3.8, 4) is 11.5 Å². The van der Waals surface area contributed by atoms with Crippen molar-refractivity contribution >= 4 is 41.3 Å². The van der Waals surface area contributed by atoms with E-state index in [2.05, 4.69) is 5.10 Å². The first-order valence-corrected chi connectivity index (χ1v) is 9.54. The third-order valence-electron chi connectivity index (χ3n) is 4.58. The number of carboxylic acids is 1. The van der Waals surface area contributed by atoms with Crippen molar-refractivity contribution in [2.45, 2.75) is 6.42 Å². The molecule has 0 aliphatic carbocycles. The molecule has 0 radical (unpaired) electrons. The molecule has 1 fully saturated rings. The Bertz CT molecular complexity index is 1070. The van der Waals surface area contributed by atoms with Crippen LogP contribution in [0.25, 0.3) is 0 Å². The lowest BCUT2D eigenvalue weighted by atomic mass is 10.1. The van der Waals surface area contributed by atoms with Crippen molar-refractivity contribution in [1.82, 2.24) is 9.91 Å². The molecule has 0 aromatic heterocycles. The molecule has 1 saturated heterocycles. The summed E-state index contributed by atoms with van der Waals surface area (Å²) in [7, 11) is 3.07. The van der Waals surface area contributed by atoms with E-state index in [1.807, 2.05) is 6.07 Å². The molecule has 31 heavy (non-hydrogen) atoms. The summed E-state index contributed by atoms with van der Waals surface area (Å²) < 4.78 is 10.5. The van der Waals surface area contributed by atoms with Crippen LogP contribution in [0, 0.1) is 0 Å². The van der Waals surface area contributed by atoms with E-state index in [0.29, 0.717) is 23.5 Å². The fourth-order valence-corrected chi connectivity index (χ4v) is 3.21. The van der Waals surface area contributed by atoms with Gasteiger partial charge in [0.25, 0.3) is 0 Å². The Hall–Kier alpha value is -3.79. The van der Waals surface area contributed by atoms with Gasteiger partial charge in [0.1, 0.15) is 0 Å². The van der Waals surface area contributed by atoms with Gasteiger partial charge in [0.2, 0.25) is 5.11 Å². The molecule has 1 N–H and O–H groups in total. The highest BCUT2D eigenvalue weighted by Gasteiger charge is 2.41. The summed E-state index contributed by atoms with van der Waals surface area (Å²) >= 11 is 5.26. The Balaban J connectivity index is 1.69. The zero-order chi connectivity index (χ0) is 22.5. The molecule has 0 bridgehead atoms. The summed E-state index contributed by atoms with van der Waals surface area (Å²) in [5.41, 5.74) is 1.56. The number of hydrazone groups is 1. The van der Waals surface area contributed by atoms with Crippen molar-refractivity contribution < 1.29 is 29.0 Å². The first-order valence-electron chi connectivity index (χ1n) is 9.14. The Morgan fingerprint density at radius 2 is 1.74 bits per heavy atom. The molecule has 0 spiro atoms. The van der Waals surface area contributed by atoms with E-state index in [1.165, 1.54) is 42.5 Å². The second kappa shape index (κ2) is 9.35. The SMILES string of the molecule is COc1ccc(CCN2C(=O)C(=O)N(/N=C/c3ccc(C(=O)O)cc3)C2=S)cc1OC. The summed E-state index contributed by atoms with van der Waals surface area (Å²) in [5, 5.41) is 13.8.